The van der Waals surface area contributed by atoms with Crippen LogP contribution in [0.15, 0.2) is 54.6 Å². The summed E-state index contributed by atoms with van der Waals surface area (Å²) >= 11 is 0. The van der Waals surface area contributed by atoms with E-state index in [2.05, 4.69) is 22.4 Å². The molecular weight excluding hydrogens is 288 g/mol. The SMILES string of the molecule is COC(=O)c1ccc(CNc2cccc3ccc(C)nc23)cc1. The molecule has 0 spiro atoms. The van der Waals surface area contributed by atoms with Crippen LogP contribution >= 0.6 is 0 Å². The number of benzene rings is 2. The number of ether oxygens (including phenoxy) is 1. The molecule has 3 aromatic rings. The molecule has 0 fully saturated rings. The number of methoxy groups -OCH3 is 1. The summed E-state index contributed by atoms with van der Waals surface area (Å²) in [5, 5.41) is 4.53. The highest BCUT2D eigenvalue weighted by molar-refractivity contribution is 5.90. The van der Waals surface area contributed by atoms with Gasteiger partial charge in [0, 0.05) is 17.6 Å². The van der Waals surface area contributed by atoms with Gasteiger partial charge in [-0.15, -0.1) is 0 Å². The average molecular weight is 306 g/mol. The molecule has 1 aromatic heterocycles. The van der Waals surface area contributed by atoms with Gasteiger partial charge in [0.15, 0.2) is 0 Å². The average Bonchev–Trinajstić information content (AvgIpc) is 2.59. The molecule has 2 aromatic carbocycles. The molecule has 23 heavy (non-hydrogen) atoms. The number of nitrogens with zero attached hydrogens (tertiary/aromatic N) is 1. The number of carbonyl (C=O) groups is 1. The van der Waals surface area contributed by atoms with Crippen molar-refractivity contribution >= 4 is 22.6 Å². The first-order valence-corrected chi connectivity index (χ1v) is 7.45. The lowest BCUT2D eigenvalue weighted by atomic mass is 10.1. The van der Waals surface area contributed by atoms with Crippen molar-refractivity contribution < 1.29 is 9.53 Å². The number of nitrogens with one attached hydrogen (secondary N) is 1. The van der Waals surface area contributed by atoms with Crippen molar-refractivity contribution in [3.05, 3.63) is 71.4 Å². The number of hydrogen-bond acceptors (Lipinski definition) is 4. The van der Waals surface area contributed by atoms with Crippen LogP contribution in [0.3, 0.4) is 0 Å². The fourth-order valence-corrected chi connectivity index (χ4v) is 2.46. The summed E-state index contributed by atoms with van der Waals surface area (Å²) in [6.07, 6.45) is 0. The minimum atomic E-state index is -0.321. The number of anilines is 1. The van der Waals surface area contributed by atoms with Crippen LogP contribution < -0.4 is 5.32 Å². The number of aryl methyl sites for hydroxylation is 1. The number of carbonyl (C=O) groups excluding carboxylic acids is 1. The third-order valence-electron chi connectivity index (χ3n) is 3.72. The molecule has 0 saturated carbocycles. The standard InChI is InChI=1S/C19H18N2O2/c1-13-6-9-15-4-3-5-17(18(15)21-13)20-12-14-7-10-16(11-8-14)19(22)23-2/h3-11,20H,12H2,1-2H3. The maximum Gasteiger partial charge on any atom is 0.337 e. The van der Waals surface area contributed by atoms with Gasteiger partial charge in [-0.3, -0.25) is 4.98 Å². The Bertz CT molecular complexity index is 842. The molecule has 0 radical (unpaired) electrons. The summed E-state index contributed by atoms with van der Waals surface area (Å²) in [5.41, 5.74) is 4.61. The lowest BCUT2D eigenvalue weighted by Gasteiger charge is -2.10. The van der Waals surface area contributed by atoms with E-state index < -0.39 is 0 Å². The van der Waals surface area contributed by atoms with E-state index in [0.717, 1.165) is 27.8 Å². The summed E-state index contributed by atoms with van der Waals surface area (Å²) in [6, 6.07) is 17.6. The quantitative estimate of drug-likeness (QED) is 0.742. The number of fused-ring (bicyclic) bond motifs is 1. The Morgan fingerprint density at radius 3 is 2.61 bits per heavy atom. The van der Waals surface area contributed by atoms with Crippen molar-refractivity contribution in [1.82, 2.24) is 4.98 Å². The molecule has 0 aliphatic carbocycles. The third kappa shape index (κ3) is 3.31. The van der Waals surface area contributed by atoms with E-state index >= 15 is 0 Å². The molecule has 0 bridgehead atoms. The Kier molecular flexibility index (Phi) is 4.24. The maximum atomic E-state index is 11.4. The van der Waals surface area contributed by atoms with E-state index in [1.54, 1.807) is 12.1 Å². The molecule has 0 aliphatic rings. The zero-order valence-corrected chi connectivity index (χ0v) is 13.2. The number of aromatic nitrogens is 1. The lowest BCUT2D eigenvalue weighted by molar-refractivity contribution is 0.0600. The maximum absolute atomic E-state index is 11.4. The second kappa shape index (κ2) is 6.48. The minimum Gasteiger partial charge on any atom is -0.465 e. The summed E-state index contributed by atoms with van der Waals surface area (Å²) in [6.45, 7) is 2.65. The van der Waals surface area contributed by atoms with Crippen molar-refractivity contribution in [2.24, 2.45) is 0 Å². The monoisotopic (exact) mass is 306 g/mol. The van der Waals surface area contributed by atoms with Crippen molar-refractivity contribution in [1.29, 1.82) is 0 Å². The Morgan fingerprint density at radius 1 is 1.09 bits per heavy atom. The highest BCUT2D eigenvalue weighted by atomic mass is 16.5. The second-order valence-electron chi connectivity index (χ2n) is 5.37. The van der Waals surface area contributed by atoms with E-state index in [0.29, 0.717) is 12.1 Å². The Labute approximate surface area is 135 Å². The van der Waals surface area contributed by atoms with Crippen molar-refractivity contribution in [3.8, 4) is 0 Å². The van der Waals surface area contributed by atoms with Gasteiger partial charge in [-0.25, -0.2) is 4.79 Å². The van der Waals surface area contributed by atoms with Crippen LogP contribution in [-0.2, 0) is 11.3 Å². The predicted molar refractivity (Wildman–Crippen MR) is 91.6 cm³/mol. The first-order valence-electron chi connectivity index (χ1n) is 7.45. The van der Waals surface area contributed by atoms with Gasteiger partial charge in [0.25, 0.3) is 0 Å². The van der Waals surface area contributed by atoms with E-state index in [9.17, 15) is 4.79 Å². The number of hydrogen-bond donors (Lipinski definition) is 1. The zero-order valence-electron chi connectivity index (χ0n) is 13.2. The fraction of sp³-hybridized carbons (Fsp3) is 0.158. The molecule has 0 atom stereocenters. The van der Waals surface area contributed by atoms with Gasteiger partial charge in [0.2, 0.25) is 0 Å². The van der Waals surface area contributed by atoms with E-state index in [4.69, 9.17) is 4.74 Å². The molecule has 0 amide bonds. The summed E-state index contributed by atoms with van der Waals surface area (Å²) in [4.78, 5) is 16.0. The van der Waals surface area contributed by atoms with Crippen LogP contribution in [0.5, 0.6) is 0 Å². The third-order valence-corrected chi connectivity index (χ3v) is 3.72. The summed E-state index contributed by atoms with van der Waals surface area (Å²) in [7, 11) is 1.38. The number of esters is 1. The van der Waals surface area contributed by atoms with E-state index in [1.807, 2.05) is 37.3 Å². The lowest BCUT2D eigenvalue weighted by Crippen LogP contribution is -2.03. The van der Waals surface area contributed by atoms with Crippen LogP contribution in [0.25, 0.3) is 10.9 Å². The highest BCUT2D eigenvalue weighted by Gasteiger charge is 2.05. The predicted octanol–water partition coefficient (Wildman–Crippen LogP) is 3.94. The minimum absolute atomic E-state index is 0.321. The van der Waals surface area contributed by atoms with Gasteiger partial charge in [0.1, 0.15) is 0 Å². The van der Waals surface area contributed by atoms with E-state index in [1.165, 1.54) is 7.11 Å². The van der Waals surface area contributed by atoms with Gasteiger partial charge in [-0.05, 0) is 36.8 Å². The van der Waals surface area contributed by atoms with E-state index in [-0.39, 0.29) is 5.97 Å². The van der Waals surface area contributed by atoms with Crippen molar-refractivity contribution in [2.45, 2.75) is 13.5 Å². The molecule has 4 nitrogen and oxygen atoms in total. The Balaban J connectivity index is 1.78. The summed E-state index contributed by atoms with van der Waals surface area (Å²) < 4.78 is 4.70. The molecule has 0 unspecified atom stereocenters. The number of para-hydroxylation sites is 1. The first kappa shape index (κ1) is 15.0. The van der Waals surface area contributed by atoms with Crippen LogP contribution in [-0.4, -0.2) is 18.1 Å². The molecule has 116 valence electrons. The number of rotatable bonds is 4. The van der Waals surface area contributed by atoms with Crippen LogP contribution in [0.4, 0.5) is 5.69 Å². The normalized spacial score (nSPS) is 10.5. The molecular formula is C19H18N2O2. The molecule has 1 N–H and O–H groups in total. The molecule has 1 heterocycles. The Morgan fingerprint density at radius 2 is 1.87 bits per heavy atom. The van der Waals surface area contributed by atoms with Gasteiger partial charge in [-0.2, -0.15) is 0 Å². The number of pyridine rings is 1. The van der Waals surface area contributed by atoms with Crippen LogP contribution in [0.1, 0.15) is 21.6 Å². The zero-order chi connectivity index (χ0) is 16.2. The first-order chi connectivity index (χ1) is 11.2. The van der Waals surface area contributed by atoms with Gasteiger partial charge >= 0.3 is 5.97 Å². The second-order valence-corrected chi connectivity index (χ2v) is 5.37. The topological polar surface area (TPSA) is 51.2 Å². The van der Waals surface area contributed by atoms with Gasteiger partial charge < -0.3 is 10.1 Å². The molecule has 0 saturated heterocycles. The largest absolute Gasteiger partial charge is 0.465 e. The Hall–Kier alpha value is -2.88. The van der Waals surface area contributed by atoms with Gasteiger partial charge in [-0.1, -0.05) is 30.3 Å². The van der Waals surface area contributed by atoms with Crippen LogP contribution in [0, 0.1) is 6.92 Å². The van der Waals surface area contributed by atoms with Crippen molar-refractivity contribution in [2.75, 3.05) is 12.4 Å². The van der Waals surface area contributed by atoms with Crippen molar-refractivity contribution in [3.63, 3.8) is 0 Å². The summed E-state index contributed by atoms with van der Waals surface area (Å²) in [5.74, 6) is -0.321. The fourth-order valence-electron chi connectivity index (χ4n) is 2.46. The smallest absolute Gasteiger partial charge is 0.337 e. The molecule has 0 aliphatic heterocycles. The molecule has 4 heteroatoms. The highest BCUT2D eigenvalue weighted by Crippen LogP contribution is 2.22. The van der Waals surface area contributed by atoms with Gasteiger partial charge in [0.05, 0.1) is 23.9 Å². The van der Waals surface area contributed by atoms with Crippen LogP contribution in [0.2, 0.25) is 0 Å². The molecule has 3 rings (SSSR count).